The summed E-state index contributed by atoms with van der Waals surface area (Å²) < 4.78 is 5.73. The van der Waals surface area contributed by atoms with Crippen molar-refractivity contribution in [2.45, 2.75) is 18.4 Å². The molecule has 2 saturated heterocycles. The molecule has 24 heavy (non-hydrogen) atoms. The summed E-state index contributed by atoms with van der Waals surface area (Å²) in [7, 11) is 0. The Balaban J connectivity index is 1.55. The Bertz CT molecular complexity index is 711. The molecule has 2 fully saturated rings. The number of carbonyl (C=O) groups is 1. The summed E-state index contributed by atoms with van der Waals surface area (Å²) >= 11 is 1.65. The number of nitrogens with zero attached hydrogens (tertiary/aromatic N) is 1. The van der Waals surface area contributed by atoms with Gasteiger partial charge < -0.3 is 9.64 Å². The highest BCUT2D eigenvalue weighted by atomic mass is 32.1. The number of rotatable bonds is 3. The van der Waals surface area contributed by atoms with Crippen molar-refractivity contribution >= 4 is 23.3 Å². The fraction of sp³-hybridized carbons (Fsp3) is 0.350. The Labute approximate surface area is 146 Å². The van der Waals surface area contributed by atoms with Gasteiger partial charge >= 0.3 is 0 Å². The lowest BCUT2D eigenvalue weighted by atomic mass is 9.84. The van der Waals surface area contributed by atoms with Crippen molar-refractivity contribution in [2.75, 3.05) is 19.8 Å². The zero-order valence-corrected chi connectivity index (χ0v) is 14.3. The number of hydrogen-bond acceptors (Lipinski definition) is 3. The normalized spacial score (nSPS) is 26.7. The minimum absolute atomic E-state index is 0.124. The van der Waals surface area contributed by atoms with Crippen molar-refractivity contribution < 1.29 is 9.53 Å². The summed E-state index contributed by atoms with van der Waals surface area (Å²) in [6, 6.07) is 14.9. The smallest absolute Gasteiger partial charge is 0.246 e. The van der Waals surface area contributed by atoms with E-state index >= 15 is 0 Å². The molecule has 1 aromatic heterocycles. The molecule has 0 bridgehead atoms. The summed E-state index contributed by atoms with van der Waals surface area (Å²) in [5.41, 5.74) is 1.32. The highest BCUT2D eigenvalue weighted by molar-refractivity contribution is 7.10. The first kappa shape index (κ1) is 15.6. The summed E-state index contributed by atoms with van der Waals surface area (Å²) in [5, 5.41) is 2.03. The van der Waals surface area contributed by atoms with Gasteiger partial charge in [-0.15, -0.1) is 11.3 Å². The summed E-state index contributed by atoms with van der Waals surface area (Å²) in [6.45, 7) is 2.29. The van der Waals surface area contributed by atoms with Crippen LogP contribution in [0.3, 0.4) is 0 Å². The van der Waals surface area contributed by atoms with Crippen LogP contribution in [0.2, 0.25) is 0 Å². The molecular weight excluding hydrogens is 318 g/mol. The van der Waals surface area contributed by atoms with E-state index in [4.69, 9.17) is 4.74 Å². The van der Waals surface area contributed by atoms with Gasteiger partial charge in [-0.2, -0.15) is 0 Å². The molecule has 0 radical (unpaired) electrons. The SMILES string of the molecule is O=C(C=Cc1cccs1)N1CC(c2ccccc2)C2COCCC21. The fourth-order valence-corrected chi connectivity index (χ4v) is 4.56. The molecule has 3 atom stereocenters. The summed E-state index contributed by atoms with van der Waals surface area (Å²) in [6.07, 6.45) is 4.59. The van der Waals surface area contributed by atoms with Crippen LogP contribution in [-0.4, -0.2) is 36.6 Å². The van der Waals surface area contributed by atoms with Gasteiger partial charge in [-0.1, -0.05) is 36.4 Å². The minimum atomic E-state index is 0.124. The van der Waals surface area contributed by atoms with Gasteiger partial charge in [-0.25, -0.2) is 0 Å². The quantitative estimate of drug-likeness (QED) is 0.796. The number of ether oxygens (including phenoxy) is 1. The van der Waals surface area contributed by atoms with Crippen LogP contribution in [0.1, 0.15) is 22.8 Å². The Morgan fingerprint density at radius 2 is 2.08 bits per heavy atom. The maximum absolute atomic E-state index is 12.8. The van der Waals surface area contributed by atoms with Gasteiger partial charge in [0.1, 0.15) is 0 Å². The summed E-state index contributed by atoms with van der Waals surface area (Å²) in [5.74, 6) is 0.898. The number of fused-ring (bicyclic) bond motifs is 1. The predicted octanol–water partition coefficient (Wildman–Crippen LogP) is 3.79. The first-order valence-corrected chi connectivity index (χ1v) is 9.36. The maximum atomic E-state index is 12.8. The monoisotopic (exact) mass is 339 g/mol. The van der Waals surface area contributed by atoms with Crippen LogP contribution in [0.4, 0.5) is 0 Å². The maximum Gasteiger partial charge on any atom is 0.246 e. The van der Waals surface area contributed by atoms with Crippen molar-refractivity contribution in [3.63, 3.8) is 0 Å². The number of hydrogen-bond donors (Lipinski definition) is 0. The molecule has 4 heteroatoms. The van der Waals surface area contributed by atoms with Crippen LogP contribution in [-0.2, 0) is 9.53 Å². The predicted molar refractivity (Wildman–Crippen MR) is 97.0 cm³/mol. The largest absolute Gasteiger partial charge is 0.381 e. The van der Waals surface area contributed by atoms with E-state index < -0.39 is 0 Å². The van der Waals surface area contributed by atoms with Gasteiger partial charge in [0.2, 0.25) is 5.91 Å². The lowest BCUT2D eigenvalue weighted by Gasteiger charge is -2.32. The minimum Gasteiger partial charge on any atom is -0.381 e. The van der Waals surface area contributed by atoms with Crippen LogP contribution >= 0.6 is 11.3 Å². The standard InChI is InChI=1S/C20H21NO2S/c22-20(9-8-16-7-4-12-24-16)21-13-17(15-5-2-1-3-6-15)18-14-23-11-10-19(18)21/h1-9,12,17-19H,10-11,13-14H2. The van der Waals surface area contributed by atoms with E-state index in [0.29, 0.717) is 17.9 Å². The molecule has 0 saturated carbocycles. The van der Waals surface area contributed by atoms with Gasteiger partial charge in [0, 0.05) is 42.0 Å². The van der Waals surface area contributed by atoms with Gasteiger partial charge in [0.05, 0.1) is 6.61 Å². The highest BCUT2D eigenvalue weighted by Gasteiger charge is 2.45. The van der Waals surface area contributed by atoms with Gasteiger partial charge in [-0.05, 0) is 29.5 Å². The number of carbonyl (C=O) groups excluding carboxylic acids is 1. The zero-order valence-electron chi connectivity index (χ0n) is 13.5. The molecule has 124 valence electrons. The van der Waals surface area contributed by atoms with Crippen molar-refractivity contribution in [3.05, 3.63) is 64.4 Å². The third-order valence-electron chi connectivity index (χ3n) is 5.12. The molecule has 1 aromatic carbocycles. The second kappa shape index (κ2) is 6.91. The van der Waals surface area contributed by atoms with Crippen molar-refractivity contribution in [3.8, 4) is 0 Å². The van der Waals surface area contributed by atoms with Gasteiger partial charge in [0.25, 0.3) is 0 Å². The summed E-state index contributed by atoms with van der Waals surface area (Å²) in [4.78, 5) is 16.0. The van der Waals surface area contributed by atoms with Crippen molar-refractivity contribution in [2.24, 2.45) is 5.92 Å². The Hall–Kier alpha value is -1.91. The number of likely N-dealkylation sites (tertiary alicyclic amines) is 1. The van der Waals surface area contributed by atoms with E-state index in [-0.39, 0.29) is 5.91 Å². The van der Waals surface area contributed by atoms with E-state index in [1.54, 1.807) is 17.4 Å². The Kier molecular flexibility index (Phi) is 4.50. The van der Waals surface area contributed by atoms with E-state index in [1.165, 1.54) is 5.56 Å². The van der Waals surface area contributed by atoms with Crippen molar-refractivity contribution in [1.82, 2.24) is 4.90 Å². The number of amides is 1. The van der Waals surface area contributed by atoms with Crippen LogP contribution in [0.5, 0.6) is 0 Å². The Morgan fingerprint density at radius 1 is 1.21 bits per heavy atom. The molecule has 3 nitrogen and oxygen atoms in total. The number of thiophene rings is 1. The fourth-order valence-electron chi connectivity index (χ4n) is 3.94. The third-order valence-corrected chi connectivity index (χ3v) is 5.95. The molecular formula is C20H21NO2S. The molecule has 1 amide bonds. The number of benzene rings is 1. The second-order valence-corrected chi connectivity index (χ2v) is 7.43. The average molecular weight is 339 g/mol. The molecule has 0 spiro atoms. The van der Waals surface area contributed by atoms with Crippen molar-refractivity contribution in [1.29, 1.82) is 0 Å². The van der Waals surface area contributed by atoms with Crippen LogP contribution in [0.25, 0.3) is 6.08 Å². The molecule has 3 heterocycles. The van der Waals surface area contributed by atoms with E-state index in [1.807, 2.05) is 29.7 Å². The molecule has 2 aromatic rings. The van der Waals surface area contributed by atoms with E-state index in [9.17, 15) is 4.79 Å². The topological polar surface area (TPSA) is 29.5 Å². The van der Waals surface area contributed by atoms with Gasteiger partial charge in [-0.3, -0.25) is 4.79 Å². The molecule has 2 aliphatic heterocycles. The molecule has 2 aliphatic rings. The molecule has 3 unspecified atom stereocenters. The van der Waals surface area contributed by atoms with Crippen LogP contribution in [0, 0.1) is 5.92 Å². The lowest BCUT2D eigenvalue weighted by molar-refractivity contribution is -0.128. The first-order valence-electron chi connectivity index (χ1n) is 8.48. The van der Waals surface area contributed by atoms with Crippen LogP contribution < -0.4 is 0 Å². The first-order chi connectivity index (χ1) is 11.8. The third kappa shape index (κ3) is 3.04. The second-order valence-electron chi connectivity index (χ2n) is 6.45. The highest BCUT2D eigenvalue weighted by Crippen LogP contribution is 2.40. The van der Waals surface area contributed by atoms with E-state index in [0.717, 1.165) is 31.1 Å². The molecule has 4 rings (SSSR count). The average Bonchev–Trinajstić information content (AvgIpc) is 3.28. The van der Waals surface area contributed by atoms with E-state index in [2.05, 4.69) is 29.2 Å². The lowest BCUT2D eigenvalue weighted by Crippen LogP contribution is -2.41. The molecule has 0 aliphatic carbocycles. The molecule has 0 N–H and O–H groups in total. The Morgan fingerprint density at radius 3 is 2.88 bits per heavy atom. The van der Waals surface area contributed by atoms with Crippen LogP contribution in [0.15, 0.2) is 53.9 Å². The van der Waals surface area contributed by atoms with Gasteiger partial charge in [0.15, 0.2) is 0 Å². The zero-order chi connectivity index (χ0) is 16.4.